The summed E-state index contributed by atoms with van der Waals surface area (Å²) in [4.78, 5) is 28.4. The molecule has 0 bridgehead atoms. The van der Waals surface area contributed by atoms with Crippen LogP contribution in [-0.2, 0) is 11.2 Å². The van der Waals surface area contributed by atoms with Crippen LogP contribution in [-0.4, -0.2) is 53.7 Å². The van der Waals surface area contributed by atoms with Gasteiger partial charge in [-0.05, 0) is 18.2 Å². The number of hydrogen-bond donors (Lipinski definition) is 1. The van der Waals surface area contributed by atoms with Gasteiger partial charge in [-0.15, -0.1) is 11.3 Å². The Morgan fingerprint density at radius 2 is 2.07 bits per heavy atom. The van der Waals surface area contributed by atoms with Gasteiger partial charge in [0.05, 0.1) is 29.5 Å². The first-order chi connectivity index (χ1) is 13.8. The van der Waals surface area contributed by atoms with Crippen LogP contribution in [0.4, 0.5) is 5.00 Å². The number of carbonyl (C=O) groups excluding carboxylic acids is 1. The number of anilines is 1. The van der Waals surface area contributed by atoms with Crippen molar-refractivity contribution >= 4 is 22.2 Å². The molecular weight excluding hydrogens is 374 g/mol. The molecule has 1 saturated heterocycles. The number of thiophene rings is 1. The lowest BCUT2D eigenvalue weighted by atomic mass is 10.2. The summed E-state index contributed by atoms with van der Waals surface area (Å²) in [5.41, 5.74) is 2.72. The van der Waals surface area contributed by atoms with Crippen molar-refractivity contribution < 1.29 is 9.53 Å². The van der Waals surface area contributed by atoms with Crippen molar-refractivity contribution in [3.63, 3.8) is 0 Å². The fraction of sp³-hybridized carbons (Fsp3) is 0.300. The van der Waals surface area contributed by atoms with Gasteiger partial charge in [0, 0.05) is 56.4 Å². The number of rotatable bonds is 6. The first kappa shape index (κ1) is 18.5. The first-order valence-corrected chi connectivity index (χ1v) is 10.0. The minimum Gasteiger partial charge on any atom is -0.378 e. The molecule has 0 atom stereocenters. The van der Waals surface area contributed by atoms with Crippen molar-refractivity contribution in [2.75, 3.05) is 37.7 Å². The normalized spacial score (nSPS) is 14.1. The maximum Gasteiger partial charge on any atom is 0.261 e. The number of ether oxygens (including phenoxy) is 1. The molecule has 1 fully saturated rings. The van der Waals surface area contributed by atoms with E-state index in [2.05, 4.69) is 25.2 Å². The average Bonchev–Trinajstić information content (AvgIpc) is 3.21. The van der Waals surface area contributed by atoms with E-state index in [1.807, 2.05) is 24.3 Å². The molecule has 28 heavy (non-hydrogen) atoms. The molecule has 4 rings (SSSR count). The number of nitrogens with one attached hydrogen (secondary N) is 1. The Kier molecular flexibility index (Phi) is 5.89. The lowest BCUT2D eigenvalue weighted by Crippen LogP contribution is -2.35. The molecule has 0 unspecified atom stereocenters. The summed E-state index contributed by atoms with van der Waals surface area (Å²) in [7, 11) is 0. The molecule has 144 valence electrons. The van der Waals surface area contributed by atoms with Crippen LogP contribution in [0.2, 0.25) is 0 Å². The molecule has 0 aromatic carbocycles. The van der Waals surface area contributed by atoms with Gasteiger partial charge in [-0.25, -0.2) is 0 Å². The van der Waals surface area contributed by atoms with E-state index in [0.29, 0.717) is 31.1 Å². The Balaban J connectivity index is 1.51. The molecule has 1 aliphatic heterocycles. The van der Waals surface area contributed by atoms with Crippen LogP contribution < -0.4 is 10.2 Å². The maximum atomic E-state index is 12.7. The van der Waals surface area contributed by atoms with Gasteiger partial charge in [0.15, 0.2) is 0 Å². The van der Waals surface area contributed by atoms with Crippen molar-refractivity contribution in [2.24, 2.45) is 0 Å². The van der Waals surface area contributed by atoms with Crippen molar-refractivity contribution in [1.29, 1.82) is 0 Å². The third-order valence-electron chi connectivity index (χ3n) is 4.46. The van der Waals surface area contributed by atoms with E-state index in [-0.39, 0.29) is 5.91 Å². The predicted molar refractivity (Wildman–Crippen MR) is 109 cm³/mol. The molecule has 8 heteroatoms. The van der Waals surface area contributed by atoms with Crippen LogP contribution in [0.25, 0.3) is 11.3 Å². The molecule has 3 aromatic heterocycles. The fourth-order valence-electron chi connectivity index (χ4n) is 3.05. The highest BCUT2D eigenvalue weighted by atomic mass is 32.1. The van der Waals surface area contributed by atoms with Crippen molar-refractivity contribution in [3.05, 3.63) is 59.6 Å². The van der Waals surface area contributed by atoms with Crippen molar-refractivity contribution in [2.45, 2.75) is 6.42 Å². The third-order valence-corrected chi connectivity index (χ3v) is 5.65. The van der Waals surface area contributed by atoms with Gasteiger partial charge >= 0.3 is 0 Å². The first-order valence-electron chi connectivity index (χ1n) is 9.22. The van der Waals surface area contributed by atoms with Crippen LogP contribution in [0, 0.1) is 0 Å². The van der Waals surface area contributed by atoms with Gasteiger partial charge in [-0.2, -0.15) is 0 Å². The Morgan fingerprint density at radius 1 is 1.18 bits per heavy atom. The largest absolute Gasteiger partial charge is 0.378 e. The molecule has 4 heterocycles. The topological polar surface area (TPSA) is 80.2 Å². The third kappa shape index (κ3) is 4.35. The highest BCUT2D eigenvalue weighted by Gasteiger charge is 2.22. The monoisotopic (exact) mass is 395 g/mol. The van der Waals surface area contributed by atoms with E-state index >= 15 is 0 Å². The zero-order valence-electron chi connectivity index (χ0n) is 15.4. The second-order valence-corrected chi connectivity index (χ2v) is 7.38. The summed E-state index contributed by atoms with van der Waals surface area (Å²) in [6, 6.07) is 7.77. The molecule has 0 saturated carbocycles. The predicted octanol–water partition coefficient (Wildman–Crippen LogP) is 2.41. The van der Waals surface area contributed by atoms with E-state index < -0.39 is 0 Å². The summed E-state index contributed by atoms with van der Waals surface area (Å²) >= 11 is 1.51. The lowest BCUT2D eigenvalue weighted by molar-refractivity contribution is 0.0958. The van der Waals surface area contributed by atoms with Crippen LogP contribution in [0.3, 0.4) is 0 Å². The Morgan fingerprint density at radius 3 is 2.82 bits per heavy atom. The molecule has 7 nitrogen and oxygen atoms in total. The molecule has 1 N–H and O–H groups in total. The number of nitrogens with zero attached hydrogens (tertiary/aromatic N) is 4. The molecule has 3 aromatic rings. The molecule has 0 aliphatic carbocycles. The highest BCUT2D eigenvalue weighted by molar-refractivity contribution is 7.18. The SMILES string of the molecule is O=C(NCCc1cnccn1)c1cc(-c2ccccn2)c(N2CCOCC2)s1. The van der Waals surface area contributed by atoms with Gasteiger partial charge in [-0.3, -0.25) is 19.7 Å². The number of amides is 1. The quantitative estimate of drug-likeness (QED) is 0.690. The van der Waals surface area contributed by atoms with Gasteiger partial charge < -0.3 is 15.0 Å². The number of hydrogen-bond acceptors (Lipinski definition) is 7. The number of morpholine rings is 1. The standard InChI is InChI=1S/C20H21N5O2S/c26-19(24-6-4-15-14-21-7-8-22-15)18-13-16(17-3-1-2-5-23-17)20(28-18)25-9-11-27-12-10-25/h1-3,5,7-8,13-14H,4,6,9-12H2,(H,24,26). The van der Waals surface area contributed by atoms with Gasteiger partial charge in [0.1, 0.15) is 5.00 Å². The Hall–Kier alpha value is -2.84. The van der Waals surface area contributed by atoms with Crippen LogP contribution >= 0.6 is 11.3 Å². The smallest absolute Gasteiger partial charge is 0.261 e. The fourth-order valence-corrected chi connectivity index (χ4v) is 4.19. The summed E-state index contributed by atoms with van der Waals surface area (Å²) < 4.78 is 5.47. The number of aromatic nitrogens is 3. The highest BCUT2D eigenvalue weighted by Crippen LogP contribution is 2.38. The second kappa shape index (κ2) is 8.90. The zero-order chi connectivity index (χ0) is 19.2. The minimum absolute atomic E-state index is 0.0782. The van der Waals surface area contributed by atoms with E-state index in [1.54, 1.807) is 24.8 Å². The molecule has 0 radical (unpaired) electrons. The van der Waals surface area contributed by atoms with Crippen LogP contribution in [0.1, 0.15) is 15.4 Å². The summed E-state index contributed by atoms with van der Waals surface area (Å²) in [6.07, 6.45) is 7.43. The summed E-state index contributed by atoms with van der Waals surface area (Å²) in [5, 5.41) is 4.05. The van der Waals surface area contributed by atoms with Crippen molar-refractivity contribution in [1.82, 2.24) is 20.3 Å². The van der Waals surface area contributed by atoms with E-state index in [9.17, 15) is 4.79 Å². The van der Waals surface area contributed by atoms with Gasteiger partial charge in [0.25, 0.3) is 5.91 Å². The maximum absolute atomic E-state index is 12.7. The van der Waals surface area contributed by atoms with Crippen molar-refractivity contribution in [3.8, 4) is 11.3 Å². The Labute approximate surface area is 167 Å². The molecule has 1 aliphatic rings. The average molecular weight is 395 g/mol. The van der Waals surface area contributed by atoms with Crippen LogP contribution in [0.5, 0.6) is 0 Å². The van der Waals surface area contributed by atoms with E-state index in [4.69, 9.17) is 4.74 Å². The summed E-state index contributed by atoms with van der Waals surface area (Å²) in [6.45, 7) is 3.53. The lowest BCUT2D eigenvalue weighted by Gasteiger charge is -2.28. The Bertz CT molecular complexity index is 911. The van der Waals surface area contributed by atoms with E-state index in [0.717, 1.165) is 35.0 Å². The second-order valence-electron chi connectivity index (χ2n) is 6.35. The van der Waals surface area contributed by atoms with Gasteiger partial charge in [0.2, 0.25) is 0 Å². The minimum atomic E-state index is -0.0782. The van der Waals surface area contributed by atoms with E-state index in [1.165, 1.54) is 11.3 Å². The molecule has 1 amide bonds. The summed E-state index contributed by atoms with van der Waals surface area (Å²) in [5.74, 6) is -0.0782. The number of pyridine rings is 1. The molecular formula is C20H21N5O2S. The number of carbonyl (C=O) groups is 1. The van der Waals surface area contributed by atoms with Gasteiger partial charge in [-0.1, -0.05) is 6.07 Å². The zero-order valence-corrected chi connectivity index (χ0v) is 16.2. The van der Waals surface area contributed by atoms with Crippen LogP contribution in [0.15, 0.2) is 49.1 Å². The molecule has 0 spiro atoms.